The lowest BCUT2D eigenvalue weighted by Crippen LogP contribution is -2.42. The lowest BCUT2D eigenvalue weighted by Gasteiger charge is -2.25. The summed E-state index contributed by atoms with van der Waals surface area (Å²) in [5, 5.41) is 3.46. The Kier molecular flexibility index (Phi) is 4.62. The Labute approximate surface area is 135 Å². The van der Waals surface area contributed by atoms with Gasteiger partial charge in [-0.3, -0.25) is 0 Å². The fourth-order valence-electron chi connectivity index (χ4n) is 3.03. The molecule has 0 radical (unpaired) electrons. The normalized spacial score (nSPS) is 17.4. The van der Waals surface area contributed by atoms with Crippen LogP contribution in [0.3, 0.4) is 0 Å². The van der Waals surface area contributed by atoms with Crippen LogP contribution in [-0.2, 0) is 6.54 Å². The van der Waals surface area contributed by atoms with Gasteiger partial charge in [-0.25, -0.2) is 4.79 Å². The monoisotopic (exact) mass is 324 g/mol. The molecule has 0 atom stereocenters. The summed E-state index contributed by atoms with van der Waals surface area (Å²) in [6.45, 7) is 1.45. The van der Waals surface area contributed by atoms with Crippen LogP contribution >= 0.6 is 11.6 Å². The molecule has 1 aliphatic carbocycles. The van der Waals surface area contributed by atoms with E-state index in [2.05, 4.69) is 5.32 Å². The standard InChI is InChI=1S/C16H21ClN2O3/c1-19(12-4-2-3-5-12)16(20)18-10-11-8-13(17)15-14(9-11)21-6-7-22-15/h8-9,12H,2-7,10H2,1H3,(H,18,20). The van der Waals surface area contributed by atoms with Gasteiger partial charge in [0.05, 0.1) is 5.02 Å². The van der Waals surface area contributed by atoms with Crippen molar-refractivity contribution in [1.29, 1.82) is 0 Å². The van der Waals surface area contributed by atoms with Gasteiger partial charge < -0.3 is 19.7 Å². The summed E-state index contributed by atoms with van der Waals surface area (Å²) in [7, 11) is 1.86. The molecule has 0 bridgehead atoms. The van der Waals surface area contributed by atoms with Crippen LogP contribution in [0.2, 0.25) is 5.02 Å². The van der Waals surface area contributed by atoms with Gasteiger partial charge in [0.25, 0.3) is 0 Å². The molecule has 1 N–H and O–H groups in total. The van der Waals surface area contributed by atoms with Crippen molar-refractivity contribution in [2.45, 2.75) is 38.3 Å². The van der Waals surface area contributed by atoms with Gasteiger partial charge in [0.2, 0.25) is 0 Å². The zero-order chi connectivity index (χ0) is 15.5. The van der Waals surface area contributed by atoms with E-state index in [1.807, 2.05) is 24.1 Å². The molecule has 0 aromatic heterocycles. The number of urea groups is 1. The first-order valence-corrected chi connectivity index (χ1v) is 8.11. The number of benzene rings is 1. The average molecular weight is 325 g/mol. The highest BCUT2D eigenvalue weighted by atomic mass is 35.5. The fraction of sp³-hybridized carbons (Fsp3) is 0.562. The number of nitrogens with one attached hydrogen (secondary N) is 1. The lowest BCUT2D eigenvalue weighted by molar-refractivity contribution is 0.171. The van der Waals surface area contributed by atoms with Gasteiger partial charge in [-0.1, -0.05) is 24.4 Å². The van der Waals surface area contributed by atoms with Gasteiger partial charge in [-0.15, -0.1) is 0 Å². The maximum atomic E-state index is 12.2. The number of amides is 2. The average Bonchev–Trinajstić information content (AvgIpc) is 3.06. The Morgan fingerprint density at radius 1 is 1.32 bits per heavy atom. The molecule has 3 rings (SSSR count). The summed E-state index contributed by atoms with van der Waals surface area (Å²) in [6.07, 6.45) is 4.61. The van der Waals surface area contributed by atoms with E-state index in [0.717, 1.165) is 18.4 Å². The number of carbonyl (C=O) groups is 1. The molecule has 6 heteroatoms. The van der Waals surface area contributed by atoms with Crippen LogP contribution in [0.1, 0.15) is 31.2 Å². The van der Waals surface area contributed by atoms with Crippen LogP contribution in [-0.4, -0.2) is 37.2 Å². The number of hydrogen-bond acceptors (Lipinski definition) is 3. The molecule has 1 aromatic rings. The zero-order valence-corrected chi connectivity index (χ0v) is 13.5. The second-order valence-corrected chi connectivity index (χ2v) is 6.22. The third-order valence-corrected chi connectivity index (χ3v) is 4.57. The topological polar surface area (TPSA) is 50.8 Å². The smallest absolute Gasteiger partial charge is 0.317 e. The van der Waals surface area contributed by atoms with Crippen molar-refractivity contribution >= 4 is 17.6 Å². The summed E-state index contributed by atoms with van der Waals surface area (Å²) < 4.78 is 11.0. The van der Waals surface area contributed by atoms with E-state index in [4.69, 9.17) is 21.1 Å². The van der Waals surface area contributed by atoms with Crippen molar-refractivity contribution in [2.24, 2.45) is 0 Å². The van der Waals surface area contributed by atoms with Crippen molar-refractivity contribution in [3.8, 4) is 11.5 Å². The Hall–Kier alpha value is -1.62. The van der Waals surface area contributed by atoms with Gasteiger partial charge >= 0.3 is 6.03 Å². The van der Waals surface area contributed by atoms with Gasteiger partial charge in [-0.05, 0) is 30.5 Å². The number of nitrogens with zero attached hydrogens (tertiary/aromatic N) is 1. The summed E-state index contributed by atoms with van der Waals surface area (Å²) in [6, 6.07) is 4.00. The zero-order valence-electron chi connectivity index (χ0n) is 12.7. The van der Waals surface area contributed by atoms with Gasteiger partial charge in [0.1, 0.15) is 13.2 Å². The quantitative estimate of drug-likeness (QED) is 0.929. The maximum absolute atomic E-state index is 12.2. The van der Waals surface area contributed by atoms with Crippen LogP contribution in [0.4, 0.5) is 4.79 Å². The Balaban J connectivity index is 1.61. The molecule has 2 aliphatic rings. The van der Waals surface area contributed by atoms with E-state index in [0.29, 0.717) is 42.3 Å². The number of ether oxygens (including phenoxy) is 2. The molecule has 1 heterocycles. The molecule has 0 unspecified atom stereocenters. The van der Waals surface area contributed by atoms with Crippen LogP contribution in [0.15, 0.2) is 12.1 Å². The molecule has 1 aromatic carbocycles. The van der Waals surface area contributed by atoms with Crippen molar-refractivity contribution < 1.29 is 14.3 Å². The second-order valence-electron chi connectivity index (χ2n) is 5.81. The first-order chi connectivity index (χ1) is 10.6. The van der Waals surface area contributed by atoms with E-state index in [1.165, 1.54) is 12.8 Å². The predicted molar refractivity (Wildman–Crippen MR) is 84.7 cm³/mol. The second kappa shape index (κ2) is 6.65. The van der Waals surface area contributed by atoms with Crippen molar-refractivity contribution in [3.05, 3.63) is 22.7 Å². The molecule has 1 fully saturated rings. The highest BCUT2D eigenvalue weighted by Crippen LogP contribution is 2.38. The Morgan fingerprint density at radius 2 is 2.05 bits per heavy atom. The lowest BCUT2D eigenvalue weighted by atomic mass is 10.2. The third kappa shape index (κ3) is 3.24. The largest absolute Gasteiger partial charge is 0.486 e. The van der Waals surface area contributed by atoms with E-state index in [-0.39, 0.29) is 6.03 Å². The molecule has 2 amide bonds. The summed E-state index contributed by atoms with van der Waals surface area (Å²) in [4.78, 5) is 14.0. The van der Waals surface area contributed by atoms with E-state index in [1.54, 1.807) is 0 Å². The first-order valence-electron chi connectivity index (χ1n) is 7.74. The van der Waals surface area contributed by atoms with Crippen molar-refractivity contribution in [3.63, 3.8) is 0 Å². The molecule has 120 valence electrons. The van der Waals surface area contributed by atoms with Crippen LogP contribution < -0.4 is 14.8 Å². The summed E-state index contributed by atoms with van der Waals surface area (Å²) in [5.74, 6) is 1.23. The van der Waals surface area contributed by atoms with E-state index >= 15 is 0 Å². The number of halogens is 1. The highest BCUT2D eigenvalue weighted by Gasteiger charge is 2.23. The predicted octanol–water partition coefficient (Wildman–Crippen LogP) is 3.20. The fourth-order valence-corrected chi connectivity index (χ4v) is 3.31. The van der Waals surface area contributed by atoms with Gasteiger partial charge in [0, 0.05) is 19.6 Å². The van der Waals surface area contributed by atoms with Gasteiger partial charge in [0.15, 0.2) is 11.5 Å². The highest BCUT2D eigenvalue weighted by molar-refractivity contribution is 6.32. The number of hydrogen-bond donors (Lipinski definition) is 1. The molecule has 0 saturated heterocycles. The molecular weight excluding hydrogens is 304 g/mol. The molecule has 5 nitrogen and oxygen atoms in total. The van der Waals surface area contributed by atoms with Gasteiger partial charge in [-0.2, -0.15) is 0 Å². The third-order valence-electron chi connectivity index (χ3n) is 4.29. The van der Waals surface area contributed by atoms with E-state index < -0.39 is 0 Å². The van der Waals surface area contributed by atoms with Crippen LogP contribution in [0.5, 0.6) is 11.5 Å². The molecule has 0 spiro atoms. The number of fused-ring (bicyclic) bond motifs is 1. The minimum Gasteiger partial charge on any atom is -0.486 e. The Morgan fingerprint density at radius 3 is 2.82 bits per heavy atom. The molecule has 1 saturated carbocycles. The maximum Gasteiger partial charge on any atom is 0.317 e. The summed E-state index contributed by atoms with van der Waals surface area (Å²) >= 11 is 6.20. The number of carbonyl (C=O) groups excluding carboxylic acids is 1. The Bertz CT molecular complexity index is 559. The van der Waals surface area contributed by atoms with Crippen molar-refractivity contribution in [1.82, 2.24) is 10.2 Å². The SMILES string of the molecule is CN(C(=O)NCc1cc(Cl)c2c(c1)OCCO2)C1CCCC1. The van der Waals surface area contributed by atoms with Crippen LogP contribution in [0.25, 0.3) is 0 Å². The first kappa shape index (κ1) is 15.3. The number of rotatable bonds is 3. The minimum atomic E-state index is -0.0436. The van der Waals surface area contributed by atoms with Crippen molar-refractivity contribution in [2.75, 3.05) is 20.3 Å². The minimum absolute atomic E-state index is 0.0436. The molecule has 1 aliphatic heterocycles. The van der Waals surface area contributed by atoms with E-state index in [9.17, 15) is 4.79 Å². The summed E-state index contributed by atoms with van der Waals surface area (Å²) in [5.41, 5.74) is 0.905. The molecular formula is C16H21ClN2O3. The van der Waals surface area contributed by atoms with Crippen LogP contribution in [0, 0.1) is 0 Å². The molecule has 22 heavy (non-hydrogen) atoms.